The third kappa shape index (κ3) is 5.84. The Morgan fingerprint density at radius 2 is 1.70 bits per heavy atom. The first kappa shape index (κ1) is 21.4. The molecule has 3 aromatic rings. The molecular formula is C21H22N4O4S. The highest BCUT2D eigenvalue weighted by Gasteiger charge is 2.17. The Bertz CT molecular complexity index is 1020. The summed E-state index contributed by atoms with van der Waals surface area (Å²) in [7, 11) is 0. The fraction of sp³-hybridized carbons (Fsp3) is 0.238. The summed E-state index contributed by atoms with van der Waals surface area (Å²) in [5, 5.41) is 5.83. The summed E-state index contributed by atoms with van der Waals surface area (Å²) in [6.45, 7) is 3.59. The molecule has 0 spiro atoms. The quantitative estimate of drug-likeness (QED) is 0.535. The second kappa shape index (κ2) is 9.93. The number of thioether (sulfide) groups is 1. The van der Waals surface area contributed by atoms with Gasteiger partial charge in [-0.05, 0) is 43.3 Å². The minimum Gasteiger partial charge on any atom is -0.431 e. The molecule has 30 heavy (non-hydrogen) atoms. The number of nitrogens with zero attached hydrogens (tertiary/aromatic N) is 2. The molecule has 0 radical (unpaired) electrons. The van der Waals surface area contributed by atoms with Crippen molar-refractivity contribution in [3.8, 4) is 0 Å². The number of carbonyl (C=O) groups is 3. The second-order valence-corrected chi connectivity index (χ2v) is 7.38. The van der Waals surface area contributed by atoms with Crippen molar-refractivity contribution < 1.29 is 18.8 Å². The van der Waals surface area contributed by atoms with Gasteiger partial charge in [-0.2, -0.15) is 0 Å². The van der Waals surface area contributed by atoms with E-state index in [2.05, 4.69) is 15.6 Å². The van der Waals surface area contributed by atoms with Crippen LogP contribution in [-0.4, -0.2) is 46.4 Å². The molecule has 0 aliphatic carbocycles. The summed E-state index contributed by atoms with van der Waals surface area (Å²) in [5.41, 5.74) is 2.63. The second-order valence-electron chi connectivity index (χ2n) is 6.45. The van der Waals surface area contributed by atoms with Crippen LogP contribution in [0.5, 0.6) is 0 Å². The van der Waals surface area contributed by atoms with Crippen LogP contribution in [0.15, 0.2) is 58.2 Å². The van der Waals surface area contributed by atoms with E-state index < -0.39 is 0 Å². The Morgan fingerprint density at radius 3 is 2.33 bits per heavy atom. The molecule has 2 aromatic carbocycles. The van der Waals surface area contributed by atoms with Crippen molar-refractivity contribution in [3.05, 3.63) is 48.5 Å². The first-order valence-corrected chi connectivity index (χ1v) is 10.4. The van der Waals surface area contributed by atoms with Crippen molar-refractivity contribution in [2.75, 3.05) is 29.5 Å². The highest BCUT2D eigenvalue weighted by atomic mass is 32.2. The Labute approximate surface area is 178 Å². The zero-order valence-corrected chi connectivity index (χ0v) is 17.5. The minimum absolute atomic E-state index is 0.0586. The van der Waals surface area contributed by atoms with Crippen LogP contribution in [0.1, 0.15) is 13.8 Å². The van der Waals surface area contributed by atoms with Gasteiger partial charge in [0.1, 0.15) is 5.52 Å². The summed E-state index contributed by atoms with van der Waals surface area (Å²) in [4.78, 5) is 41.7. The molecule has 3 amide bonds. The molecule has 0 unspecified atom stereocenters. The normalized spacial score (nSPS) is 10.6. The monoisotopic (exact) mass is 426 g/mol. The minimum atomic E-state index is -0.302. The highest BCUT2D eigenvalue weighted by Crippen LogP contribution is 2.23. The van der Waals surface area contributed by atoms with Gasteiger partial charge in [-0.15, -0.1) is 0 Å². The molecule has 0 fully saturated rings. The topological polar surface area (TPSA) is 105 Å². The van der Waals surface area contributed by atoms with Gasteiger partial charge in [0, 0.05) is 24.8 Å². The number of fused-ring (bicyclic) bond motifs is 1. The molecule has 0 saturated heterocycles. The van der Waals surface area contributed by atoms with E-state index in [4.69, 9.17) is 4.42 Å². The number of hydrogen-bond donors (Lipinski definition) is 2. The van der Waals surface area contributed by atoms with Crippen LogP contribution in [0.4, 0.5) is 11.4 Å². The number of aromatic nitrogens is 1. The predicted octanol–water partition coefficient (Wildman–Crippen LogP) is 3.37. The van der Waals surface area contributed by atoms with Crippen molar-refractivity contribution in [3.63, 3.8) is 0 Å². The lowest BCUT2D eigenvalue weighted by atomic mass is 10.2. The van der Waals surface area contributed by atoms with Gasteiger partial charge in [-0.25, -0.2) is 4.98 Å². The van der Waals surface area contributed by atoms with Gasteiger partial charge >= 0.3 is 0 Å². The zero-order chi connectivity index (χ0) is 21.5. The van der Waals surface area contributed by atoms with Gasteiger partial charge in [0.25, 0.3) is 5.22 Å². The van der Waals surface area contributed by atoms with E-state index in [1.807, 2.05) is 31.2 Å². The van der Waals surface area contributed by atoms with Crippen LogP contribution in [0.2, 0.25) is 0 Å². The number of amides is 3. The standard InChI is InChI=1S/C21H22N4O4S/c1-3-25(12-19(27)23-16-10-8-15(9-11-16)22-14(2)26)20(28)13-30-21-24-17-6-4-5-7-18(17)29-21/h4-11H,3,12-13H2,1-2H3,(H,22,26)(H,23,27). The van der Waals surface area contributed by atoms with Crippen LogP contribution in [0.3, 0.4) is 0 Å². The van der Waals surface area contributed by atoms with Crippen LogP contribution in [0, 0.1) is 0 Å². The molecule has 0 saturated carbocycles. The maximum absolute atomic E-state index is 12.5. The maximum Gasteiger partial charge on any atom is 0.257 e. The number of carbonyl (C=O) groups excluding carboxylic acids is 3. The number of likely N-dealkylation sites (N-methyl/N-ethyl adjacent to an activating group) is 1. The SMILES string of the molecule is CCN(CC(=O)Nc1ccc(NC(C)=O)cc1)C(=O)CSc1nc2ccccc2o1. The molecule has 3 rings (SSSR count). The van der Waals surface area contributed by atoms with E-state index in [9.17, 15) is 14.4 Å². The van der Waals surface area contributed by atoms with Gasteiger partial charge in [0.2, 0.25) is 17.7 Å². The Hall–Kier alpha value is -3.33. The molecule has 0 aliphatic heterocycles. The number of nitrogens with one attached hydrogen (secondary N) is 2. The van der Waals surface area contributed by atoms with Crippen LogP contribution < -0.4 is 10.6 Å². The van der Waals surface area contributed by atoms with E-state index in [1.165, 1.54) is 23.6 Å². The average Bonchev–Trinajstić information content (AvgIpc) is 3.14. The molecule has 8 nitrogen and oxygen atoms in total. The molecule has 0 atom stereocenters. The van der Waals surface area contributed by atoms with Gasteiger partial charge in [-0.1, -0.05) is 23.9 Å². The molecule has 0 bridgehead atoms. The Kier molecular flexibility index (Phi) is 7.08. The first-order chi connectivity index (χ1) is 14.4. The fourth-order valence-corrected chi connectivity index (χ4v) is 3.46. The van der Waals surface area contributed by atoms with Crippen molar-refractivity contribution in [1.82, 2.24) is 9.88 Å². The highest BCUT2D eigenvalue weighted by molar-refractivity contribution is 7.99. The molecule has 2 N–H and O–H groups in total. The van der Waals surface area contributed by atoms with Crippen LogP contribution in [-0.2, 0) is 14.4 Å². The van der Waals surface area contributed by atoms with Crippen LogP contribution in [0.25, 0.3) is 11.1 Å². The van der Waals surface area contributed by atoms with Crippen molar-refractivity contribution in [1.29, 1.82) is 0 Å². The van der Waals surface area contributed by atoms with Crippen molar-refractivity contribution >= 4 is 52.0 Å². The third-order valence-electron chi connectivity index (χ3n) is 4.15. The molecule has 1 heterocycles. The van der Waals surface area contributed by atoms with E-state index >= 15 is 0 Å². The largest absolute Gasteiger partial charge is 0.431 e. The zero-order valence-electron chi connectivity index (χ0n) is 16.7. The molecule has 1 aromatic heterocycles. The number of rotatable bonds is 8. The summed E-state index contributed by atoms with van der Waals surface area (Å²) in [6, 6.07) is 14.1. The number of benzene rings is 2. The summed E-state index contributed by atoms with van der Waals surface area (Å²) in [5.74, 6) is -0.524. The molecule has 0 aliphatic rings. The van der Waals surface area contributed by atoms with Gasteiger partial charge in [0.05, 0.1) is 12.3 Å². The third-order valence-corrected chi connectivity index (χ3v) is 4.96. The maximum atomic E-state index is 12.5. The lowest BCUT2D eigenvalue weighted by Crippen LogP contribution is -2.38. The summed E-state index contributed by atoms with van der Waals surface area (Å²) in [6.07, 6.45) is 0. The average molecular weight is 426 g/mol. The first-order valence-electron chi connectivity index (χ1n) is 9.38. The summed E-state index contributed by atoms with van der Waals surface area (Å²) >= 11 is 1.20. The van der Waals surface area contributed by atoms with E-state index in [0.717, 1.165) is 5.52 Å². The van der Waals surface area contributed by atoms with E-state index in [0.29, 0.717) is 28.7 Å². The van der Waals surface area contributed by atoms with Crippen molar-refractivity contribution in [2.24, 2.45) is 0 Å². The van der Waals surface area contributed by atoms with Crippen molar-refractivity contribution in [2.45, 2.75) is 19.1 Å². The fourth-order valence-electron chi connectivity index (χ4n) is 2.72. The van der Waals surface area contributed by atoms with Gasteiger partial charge in [-0.3, -0.25) is 14.4 Å². The van der Waals surface area contributed by atoms with Crippen LogP contribution >= 0.6 is 11.8 Å². The van der Waals surface area contributed by atoms with Gasteiger partial charge in [0.15, 0.2) is 5.58 Å². The molecular weight excluding hydrogens is 404 g/mol. The molecule has 156 valence electrons. The number of anilines is 2. The van der Waals surface area contributed by atoms with E-state index in [-0.39, 0.29) is 30.0 Å². The number of oxazole rings is 1. The van der Waals surface area contributed by atoms with Gasteiger partial charge < -0.3 is 20.0 Å². The Balaban J connectivity index is 1.51. The van der Waals surface area contributed by atoms with E-state index in [1.54, 1.807) is 24.3 Å². The lowest BCUT2D eigenvalue weighted by Gasteiger charge is -2.20. The molecule has 9 heteroatoms. The predicted molar refractivity (Wildman–Crippen MR) is 116 cm³/mol. The number of hydrogen-bond acceptors (Lipinski definition) is 6. The summed E-state index contributed by atoms with van der Waals surface area (Å²) < 4.78 is 5.60. The smallest absolute Gasteiger partial charge is 0.257 e. The number of para-hydroxylation sites is 2. The Morgan fingerprint density at radius 1 is 1.03 bits per heavy atom. The lowest BCUT2D eigenvalue weighted by molar-refractivity contribution is -0.132.